The number of rotatable bonds is 5. The van der Waals surface area contributed by atoms with Gasteiger partial charge in [0.2, 0.25) is 5.96 Å². The Kier molecular flexibility index (Phi) is 8.85. The van der Waals surface area contributed by atoms with Gasteiger partial charge in [-0.3, -0.25) is 10.6 Å². The van der Waals surface area contributed by atoms with Crippen LogP contribution in [0, 0.1) is 0 Å². The summed E-state index contributed by atoms with van der Waals surface area (Å²) in [6.45, 7) is 11.1. The number of alkyl carbamates (subject to hydrolysis) is 2. The number of hydrogen-bond acceptors (Lipinski definition) is 6. The summed E-state index contributed by atoms with van der Waals surface area (Å²) in [4.78, 5) is 28.6. The zero-order valence-corrected chi connectivity index (χ0v) is 20.1. The van der Waals surface area contributed by atoms with Gasteiger partial charge in [0.15, 0.2) is 0 Å². The standard InChI is InChI=1S/C25H33N3O5/c1-24(2,3)32-22(29)27-21(28-23(30)33-25(4,5)6)26-16-18-12-14-20(15-13-18)31-17-19-10-8-7-9-11-19/h7-15H,16-17H2,1-6H3,(H2,26,27,28,29,30). The number of ether oxygens (including phenoxy) is 3. The Hall–Kier alpha value is -3.55. The summed E-state index contributed by atoms with van der Waals surface area (Å²) in [5, 5.41) is 4.93. The smallest absolute Gasteiger partial charge is 0.414 e. The lowest BCUT2D eigenvalue weighted by Crippen LogP contribution is -2.47. The van der Waals surface area contributed by atoms with Gasteiger partial charge in [0.1, 0.15) is 23.6 Å². The highest BCUT2D eigenvalue weighted by molar-refractivity contribution is 6.01. The fourth-order valence-corrected chi connectivity index (χ4v) is 2.51. The number of carbonyl (C=O) groups excluding carboxylic acids is 2. The molecule has 2 aromatic carbocycles. The molecule has 178 valence electrons. The molecule has 2 N–H and O–H groups in total. The maximum atomic E-state index is 12.2. The topological polar surface area (TPSA) is 98.3 Å². The quantitative estimate of drug-likeness (QED) is 0.479. The molecule has 0 saturated heterocycles. The third-order valence-corrected chi connectivity index (χ3v) is 3.83. The highest BCUT2D eigenvalue weighted by Gasteiger charge is 2.21. The number of nitrogens with one attached hydrogen (secondary N) is 2. The Balaban J connectivity index is 2.02. The second-order valence-electron chi connectivity index (χ2n) is 9.34. The van der Waals surface area contributed by atoms with Gasteiger partial charge in [0.25, 0.3) is 0 Å². The van der Waals surface area contributed by atoms with E-state index in [0.29, 0.717) is 6.61 Å². The van der Waals surface area contributed by atoms with Crippen LogP contribution in [0.2, 0.25) is 0 Å². The summed E-state index contributed by atoms with van der Waals surface area (Å²) in [7, 11) is 0. The van der Waals surface area contributed by atoms with E-state index in [0.717, 1.165) is 16.9 Å². The molecule has 0 heterocycles. The Morgan fingerprint density at radius 3 is 1.76 bits per heavy atom. The second kappa shape index (κ2) is 11.4. The van der Waals surface area contributed by atoms with E-state index in [4.69, 9.17) is 14.2 Å². The number of amides is 2. The van der Waals surface area contributed by atoms with Crippen molar-refractivity contribution in [1.82, 2.24) is 10.6 Å². The maximum Gasteiger partial charge on any atom is 0.414 e. The van der Waals surface area contributed by atoms with Crippen LogP contribution in [0.1, 0.15) is 52.7 Å². The number of hydrogen-bond donors (Lipinski definition) is 2. The normalized spacial score (nSPS) is 11.2. The predicted molar refractivity (Wildman–Crippen MR) is 127 cm³/mol. The van der Waals surface area contributed by atoms with E-state index in [2.05, 4.69) is 15.6 Å². The van der Waals surface area contributed by atoms with Crippen LogP contribution in [0.25, 0.3) is 0 Å². The molecule has 2 rings (SSSR count). The minimum absolute atomic E-state index is 0.0668. The molecule has 0 saturated carbocycles. The molecule has 2 amide bonds. The van der Waals surface area contributed by atoms with E-state index in [9.17, 15) is 9.59 Å². The van der Waals surface area contributed by atoms with E-state index in [1.54, 1.807) is 41.5 Å². The minimum atomic E-state index is -0.734. The van der Waals surface area contributed by atoms with Crippen LogP contribution in [-0.4, -0.2) is 29.3 Å². The van der Waals surface area contributed by atoms with E-state index in [-0.39, 0.29) is 12.5 Å². The Labute approximate surface area is 195 Å². The summed E-state index contributed by atoms with van der Waals surface area (Å²) in [5.74, 6) is 0.661. The first-order valence-electron chi connectivity index (χ1n) is 10.7. The van der Waals surface area contributed by atoms with E-state index in [1.807, 2.05) is 54.6 Å². The second-order valence-corrected chi connectivity index (χ2v) is 9.34. The third-order valence-electron chi connectivity index (χ3n) is 3.83. The van der Waals surface area contributed by atoms with Crippen LogP contribution >= 0.6 is 0 Å². The molecule has 0 unspecified atom stereocenters. The van der Waals surface area contributed by atoms with Crippen molar-refractivity contribution in [3.05, 3.63) is 65.7 Å². The Bertz CT molecular complexity index is 911. The van der Waals surface area contributed by atoms with Crippen molar-refractivity contribution in [1.29, 1.82) is 0 Å². The summed E-state index contributed by atoms with van der Waals surface area (Å²) in [6, 6.07) is 17.3. The van der Waals surface area contributed by atoms with Crippen molar-refractivity contribution in [3.63, 3.8) is 0 Å². The third kappa shape index (κ3) is 11.0. The van der Waals surface area contributed by atoms with Crippen LogP contribution in [0.4, 0.5) is 9.59 Å². The van der Waals surface area contributed by atoms with Gasteiger partial charge in [-0.2, -0.15) is 0 Å². The lowest BCUT2D eigenvalue weighted by molar-refractivity contribution is 0.0545. The molecule has 8 nitrogen and oxygen atoms in total. The van der Waals surface area contributed by atoms with Crippen molar-refractivity contribution < 1.29 is 23.8 Å². The van der Waals surface area contributed by atoms with E-state index >= 15 is 0 Å². The number of guanidine groups is 1. The highest BCUT2D eigenvalue weighted by atomic mass is 16.6. The Morgan fingerprint density at radius 1 is 0.758 bits per heavy atom. The van der Waals surface area contributed by atoms with E-state index < -0.39 is 23.4 Å². The van der Waals surface area contributed by atoms with Gasteiger partial charge in [-0.15, -0.1) is 0 Å². The summed E-state index contributed by atoms with van der Waals surface area (Å²) in [6.07, 6.45) is -1.47. The van der Waals surface area contributed by atoms with Crippen molar-refractivity contribution >= 4 is 18.1 Å². The fraction of sp³-hybridized carbons (Fsp3) is 0.400. The van der Waals surface area contributed by atoms with Gasteiger partial charge in [0.05, 0.1) is 6.54 Å². The van der Waals surface area contributed by atoms with Gasteiger partial charge in [-0.25, -0.2) is 14.6 Å². The molecular formula is C25H33N3O5. The summed E-state index contributed by atoms with van der Waals surface area (Å²) >= 11 is 0. The summed E-state index contributed by atoms with van der Waals surface area (Å²) in [5.41, 5.74) is 0.543. The summed E-state index contributed by atoms with van der Waals surface area (Å²) < 4.78 is 16.3. The largest absolute Gasteiger partial charge is 0.489 e. The number of nitrogens with zero attached hydrogens (tertiary/aromatic N) is 1. The average molecular weight is 456 g/mol. The van der Waals surface area contributed by atoms with Crippen LogP contribution in [0.5, 0.6) is 5.75 Å². The number of aliphatic imine (C=N–C) groups is 1. The van der Waals surface area contributed by atoms with Gasteiger partial charge in [0, 0.05) is 0 Å². The van der Waals surface area contributed by atoms with Crippen LogP contribution in [0.3, 0.4) is 0 Å². The molecule has 0 aliphatic carbocycles. The molecule has 0 fully saturated rings. The van der Waals surface area contributed by atoms with Crippen LogP contribution in [0.15, 0.2) is 59.6 Å². The molecule has 0 radical (unpaired) electrons. The zero-order chi connectivity index (χ0) is 24.5. The van der Waals surface area contributed by atoms with Crippen LogP contribution in [-0.2, 0) is 22.6 Å². The minimum Gasteiger partial charge on any atom is -0.489 e. The van der Waals surface area contributed by atoms with Gasteiger partial charge in [-0.05, 0) is 64.8 Å². The van der Waals surface area contributed by atoms with Gasteiger partial charge in [-0.1, -0.05) is 42.5 Å². The van der Waals surface area contributed by atoms with Crippen LogP contribution < -0.4 is 15.4 Å². The first kappa shape index (κ1) is 25.7. The SMILES string of the molecule is CC(C)(C)OC(=O)NC(=NCc1ccc(OCc2ccccc2)cc1)NC(=O)OC(C)(C)C. The van der Waals surface area contributed by atoms with Crippen molar-refractivity contribution in [2.75, 3.05) is 0 Å². The zero-order valence-electron chi connectivity index (χ0n) is 20.1. The van der Waals surface area contributed by atoms with E-state index in [1.165, 1.54) is 0 Å². The molecule has 33 heavy (non-hydrogen) atoms. The number of carbonyl (C=O) groups is 2. The monoisotopic (exact) mass is 455 g/mol. The molecular weight excluding hydrogens is 422 g/mol. The molecule has 0 spiro atoms. The van der Waals surface area contributed by atoms with Gasteiger partial charge < -0.3 is 14.2 Å². The Morgan fingerprint density at radius 2 is 1.27 bits per heavy atom. The predicted octanol–water partition coefficient (Wildman–Crippen LogP) is 5.17. The molecule has 0 aromatic heterocycles. The molecule has 0 bridgehead atoms. The highest BCUT2D eigenvalue weighted by Crippen LogP contribution is 2.15. The lowest BCUT2D eigenvalue weighted by atomic mass is 10.2. The fourth-order valence-electron chi connectivity index (χ4n) is 2.51. The molecule has 2 aromatic rings. The molecule has 0 aliphatic heterocycles. The lowest BCUT2D eigenvalue weighted by Gasteiger charge is -2.22. The first-order valence-corrected chi connectivity index (χ1v) is 10.7. The molecule has 8 heteroatoms. The average Bonchev–Trinajstić information content (AvgIpc) is 2.69. The van der Waals surface area contributed by atoms with Gasteiger partial charge >= 0.3 is 12.2 Å². The van der Waals surface area contributed by atoms with Crippen molar-refractivity contribution in [3.8, 4) is 5.75 Å². The number of benzene rings is 2. The molecule has 0 atom stereocenters. The maximum absolute atomic E-state index is 12.2. The first-order chi connectivity index (χ1) is 15.4. The van der Waals surface area contributed by atoms with Crippen molar-refractivity contribution in [2.45, 2.75) is 65.9 Å². The molecule has 0 aliphatic rings. The van der Waals surface area contributed by atoms with Crippen molar-refractivity contribution in [2.24, 2.45) is 4.99 Å².